The van der Waals surface area contributed by atoms with E-state index in [-0.39, 0.29) is 23.7 Å². The maximum atomic E-state index is 13.7. The number of nitrogens with zero attached hydrogens (tertiary/aromatic N) is 6. The van der Waals surface area contributed by atoms with Gasteiger partial charge in [0.1, 0.15) is 17.4 Å². The molecule has 0 fully saturated rings. The van der Waals surface area contributed by atoms with E-state index >= 15 is 0 Å². The van der Waals surface area contributed by atoms with Crippen molar-refractivity contribution in [2.24, 2.45) is 0 Å². The number of hydrogen-bond donors (Lipinski definition) is 1. The standard InChI is InChI=1S/C27H22F3N7O2/c1-15-4-5-17(6-21(15)35-25-24-22(32-13-33-25)11-31-26(36-24)39-3)7-23(38)18-8-19(27(28,29)30)10-20(9-18)37-12-16(2)34-14-37/h4-6,8-14H,7H2,1-3H3,(H,32,33,35). The number of aryl methyl sites for hydroxylation is 2. The summed E-state index contributed by atoms with van der Waals surface area (Å²) in [5.41, 5.74) is 2.95. The Morgan fingerprint density at radius 3 is 2.59 bits per heavy atom. The molecule has 0 unspecified atom stereocenters. The molecular formula is C27H22F3N7O2. The minimum atomic E-state index is -4.62. The van der Waals surface area contributed by atoms with E-state index in [1.807, 2.05) is 13.0 Å². The number of benzene rings is 2. The number of ketones is 1. The van der Waals surface area contributed by atoms with E-state index in [4.69, 9.17) is 4.74 Å². The molecule has 0 aliphatic rings. The molecule has 1 N–H and O–H groups in total. The molecular weight excluding hydrogens is 511 g/mol. The Morgan fingerprint density at radius 2 is 1.87 bits per heavy atom. The Balaban J connectivity index is 1.45. The number of aromatic nitrogens is 6. The van der Waals surface area contributed by atoms with Crippen molar-refractivity contribution in [2.45, 2.75) is 26.4 Å². The third-order valence-electron chi connectivity index (χ3n) is 6.03. The van der Waals surface area contributed by atoms with Gasteiger partial charge in [-0.15, -0.1) is 0 Å². The topological polar surface area (TPSA) is 108 Å². The van der Waals surface area contributed by atoms with E-state index in [1.165, 1.54) is 36.6 Å². The van der Waals surface area contributed by atoms with Crippen molar-refractivity contribution in [3.05, 3.63) is 89.4 Å². The predicted molar refractivity (Wildman–Crippen MR) is 137 cm³/mol. The number of ether oxygens (including phenoxy) is 1. The van der Waals surface area contributed by atoms with Crippen LogP contribution in [0.2, 0.25) is 0 Å². The van der Waals surface area contributed by atoms with Crippen molar-refractivity contribution in [2.75, 3.05) is 12.4 Å². The minimum absolute atomic E-state index is 0.0492. The van der Waals surface area contributed by atoms with Gasteiger partial charge >= 0.3 is 12.2 Å². The summed E-state index contributed by atoms with van der Waals surface area (Å²) in [5, 5.41) is 3.21. The van der Waals surface area contributed by atoms with Crippen LogP contribution in [0.5, 0.6) is 6.01 Å². The second kappa shape index (κ2) is 10.1. The molecule has 12 heteroatoms. The number of rotatable bonds is 7. The molecule has 3 heterocycles. The number of nitrogens with one attached hydrogen (secondary N) is 1. The molecule has 5 aromatic rings. The number of anilines is 2. The van der Waals surface area contributed by atoms with Gasteiger partial charge in [0.15, 0.2) is 11.6 Å². The highest BCUT2D eigenvalue weighted by Gasteiger charge is 2.32. The maximum Gasteiger partial charge on any atom is 0.416 e. The van der Waals surface area contributed by atoms with Crippen LogP contribution in [0.25, 0.3) is 16.7 Å². The lowest BCUT2D eigenvalue weighted by Gasteiger charge is -2.14. The number of Topliss-reactive ketones (excluding diaryl/α,β-unsaturated/α-hetero) is 1. The quantitative estimate of drug-likeness (QED) is 0.277. The molecule has 0 radical (unpaired) electrons. The summed E-state index contributed by atoms with van der Waals surface area (Å²) < 4.78 is 47.5. The lowest BCUT2D eigenvalue weighted by molar-refractivity contribution is -0.137. The molecule has 9 nitrogen and oxygen atoms in total. The molecule has 198 valence electrons. The molecule has 2 aromatic carbocycles. The second-order valence-corrected chi connectivity index (χ2v) is 8.88. The van der Waals surface area contributed by atoms with E-state index in [1.54, 1.807) is 25.3 Å². The van der Waals surface area contributed by atoms with Gasteiger partial charge in [-0.05, 0) is 49.2 Å². The maximum absolute atomic E-state index is 13.7. The summed E-state index contributed by atoms with van der Waals surface area (Å²) in [6.45, 7) is 3.60. The van der Waals surface area contributed by atoms with Gasteiger partial charge in [-0.25, -0.2) is 19.9 Å². The third-order valence-corrected chi connectivity index (χ3v) is 6.03. The van der Waals surface area contributed by atoms with Gasteiger partial charge in [0.2, 0.25) is 0 Å². The summed E-state index contributed by atoms with van der Waals surface area (Å²) in [4.78, 5) is 34.1. The van der Waals surface area contributed by atoms with Crippen LogP contribution in [0, 0.1) is 13.8 Å². The van der Waals surface area contributed by atoms with Crippen LogP contribution >= 0.6 is 0 Å². The van der Waals surface area contributed by atoms with Gasteiger partial charge in [0.05, 0.1) is 30.9 Å². The van der Waals surface area contributed by atoms with Crippen LogP contribution < -0.4 is 10.1 Å². The zero-order valence-corrected chi connectivity index (χ0v) is 21.1. The molecule has 0 saturated carbocycles. The van der Waals surface area contributed by atoms with Crippen LogP contribution in [0.3, 0.4) is 0 Å². The fourth-order valence-electron chi connectivity index (χ4n) is 4.00. The summed E-state index contributed by atoms with van der Waals surface area (Å²) in [6.07, 6.45) is 1.17. The Kier molecular flexibility index (Phi) is 6.69. The molecule has 0 aliphatic carbocycles. The number of fused-ring (bicyclic) bond motifs is 1. The van der Waals surface area contributed by atoms with Gasteiger partial charge in [-0.3, -0.25) is 4.79 Å². The molecule has 0 amide bonds. The highest BCUT2D eigenvalue weighted by atomic mass is 19.4. The monoisotopic (exact) mass is 533 g/mol. The van der Waals surface area contributed by atoms with Crippen molar-refractivity contribution in [3.63, 3.8) is 0 Å². The van der Waals surface area contributed by atoms with Crippen molar-refractivity contribution in [1.29, 1.82) is 0 Å². The van der Waals surface area contributed by atoms with Crippen molar-refractivity contribution < 1.29 is 22.7 Å². The average molecular weight is 534 g/mol. The van der Waals surface area contributed by atoms with E-state index in [2.05, 4.69) is 30.2 Å². The minimum Gasteiger partial charge on any atom is -0.467 e. The largest absolute Gasteiger partial charge is 0.467 e. The Hall–Kier alpha value is -4.87. The lowest BCUT2D eigenvalue weighted by atomic mass is 9.99. The van der Waals surface area contributed by atoms with Crippen LogP contribution in [0.15, 0.2) is 61.4 Å². The number of carbonyl (C=O) groups is 1. The average Bonchev–Trinajstić information content (AvgIpc) is 3.36. The molecule has 0 atom stereocenters. The van der Waals surface area contributed by atoms with Crippen LogP contribution in [-0.2, 0) is 12.6 Å². The fourth-order valence-corrected chi connectivity index (χ4v) is 4.00. The Morgan fingerprint density at radius 1 is 1.05 bits per heavy atom. The van der Waals surface area contributed by atoms with Gasteiger partial charge in [-0.1, -0.05) is 12.1 Å². The van der Waals surface area contributed by atoms with E-state index in [0.29, 0.717) is 33.8 Å². The molecule has 3 aromatic heterocycles. The normalized spacial score (nSPS) is 11.5. The number of hydrogen-bond acceptors (Lipinski definition) is 8. The number of carbonyl (C=O) groups excluding carboxylic acids is 1. The van der Waals surface area contributed by atoms with Crippen molar-refractivity contribution in [3.8, 4) is 11.7 Å². The first-order valence-electron chi connectivity index (χ1n) is 11.8. The number of halogens is 3. The molecule has 0 saturated heterocycles. The zero-order valence-electron chi connectivity index (χ0n) is 21.1. The molecule has 39 heavy (non-hydrogen) atoms. The smallest absolute Gasteiger partial charge is 0.416 e. The lowest BCUT2D eigenvalue weighted by Crippen LogP contribution is -2.11. The summed E-state index contributed by atoms with van der Waals surface area (Å²) >= 11 is 0. The van der Waals surface area contributed by atoms with Crippen molar-refractivity contribution in [1.82, 2.24) is 29.5 Å². The molecule has 5 rings (SSSR count). The summed E-state index contributed by atoms with van der Waals surface area (Å²) in [7, 11) is 1.45. The van der Waals surface area contributed by atoms with Gasteiger partial charge < -0.3 is 14.6 Å². The van der Waals surface area contributed by atoms with Crippen LogP contribution in [-0.4, -0.2) is 42.4 Å². The second-order valence-electron chi connectivity index (χ2n) is 8.88. The summed E-state index contributed by atoms with van der Waals surface area (Å²) in [5.74, 6) is -0.0515. The first kappa shape index (κ1) is 25.8. The number of imidazole rings is 1. The van der Waals surface area contributed by atoms with Crippen LogP contribution in [0.4, 0.5) is 24.7 Å². The van der Waals surface area contributed by atoms with E-state index in [9.17, 15) is 18.0 Å². The number of methoxy groups -OCH3 is 1. The molecule has 0 aliphatic heterocycles. The third kappa shape index (κ3) is 5.54. The highest BCUT2D eigenvalue weighted by Crippen LogP contribution is 2.32. The van der Waals surface area contributed by atoms with Gasteiger partial charge in [0.25, 0.3) is 0 Å². The Bertz CT molecular complexity index is 1700. The molecule has 0 spiro atoms. The van der Waals surface area contributed by atoms with E-state index < -0.39 is 17.5 Å². The van der Waals surface area contributed by atoms with Crippen LogP contribution in [0.1, 0.15) is 32.7 Å². The van der Waals surface area contributed by atoms with Crippen molar-refractivity contribution >= 4 is 28.3 Å². The zero-order chi connectivity index (χ0) is 27.7. The molecule has 0 bridgehead atoms. The summed E-state index contributed by atoms with van der Waals surface area (Å²) in [6, 6.07) is 8.80. The number of alkyl halides is 3. The SMILES string of the molecule is COc1ncc2ncnc(Nc3cc(CC(=O)c4cc(-n5cnc(C)c5)cc(C(F)(F)F)c4)ccc3C)c2n1. The fraction of sp³-hybridized carbons (Fsp3) is 0.185. The first-order valence-corrected chi connectivity index (χ1v) is 11.8. The van der Waals surface area contributed by atoms with E-state index in [0.717, 1.165) is 17.7 Å². The predicted octanol–water partition coefficient (Wildman–Crippen LogP) is 5.42. The van der Waals surface area contributed by atoms with Gasteiger partial charge in [0, 0.05) is 29.6 Å². The van der Waals surface area contributed by atoms with Gasteiger partial charge in [-0.2, -0.15) is 18.2 Å². The Labute approximate surface area is 220 Å². The first-order chi connectivity index (χ1) is 18.6. The highest BCUT2D eigenvalue weighted by molar-refractivity contribution is 5.98.